The summed E-state index contributed by atoms with van der Waals surface area (Å²) in [5, 5.41) is 0.544. The van der Waals surface area contributed by atoms with Crippen molar-refractivity contribution in [1.29, 1.82) is 0 Å². The van der Waals surface area contributed by atoms with Crippen LogP contribution in [-0.2, 0) is 12.8 Å². The number of hydrogen-bond acceptors (Lipinski definition) is 2. The van der Waals surface area contributed by atoms with Gasteiger partial charge in [-0.15, -0.1) is 11.8 Å². The zero-order valence-electron chi connectivity index (χ0n) is 11.8. The van der Waals surface area contributed by atoms with Crippen LogP contribution < -0.4 is 4.74 Å². The molecule has 0 saturated carbocycles. The second-order valence-corrected chi connectivity index (χ2v) is 6.60. The Kier molecular flexibility index (Phi) is 4.31. The normalized spacial score (nSPS) is 16.9. The largest absolute Gasteiger partial charge is 0.492 e. The molecule has 0 amide bonds. The van der Waals surface area contributed by atoms with E-state index < -0.39 is 0 Å². The molecule has 0 bridgehead atoms. The summed E-state index contributed by atoms with van der Waals surface area (Å²) in [5.74, 6) is 0.987. The summed E-state index contributed by atoms with van der Waals surface area (Å²) in [4.78, 5) is 1.42. The summed E-state index contributed by atoms with van der Waals surface area (Å²) >= 11 is 1.94. The molecule has 20 heavy (non-hydrogen) atoms. The summed E-state index contributed by atoms with van der Waals surface area (Å²) in [6.07, 6.45) is 3.46. The van der Waals surface area contributed by atoms with Crippen molar-refractivity contribution < 1.29 is 4.74 Å². The zero-order chi connectivity index (χ0) is 13.8. The van der Waals surface area contributed by atoms with Crippen molar-refractivity contribution in [3.63, 3.8) is 0 Å². The Hall–Kier alpha value is -1.41. The molecular weight excluding hydrogens is 264 g/mol. The molecule has 0 aliphatic carbocycles. The lowest BCUT2D eigenvalue weighted by molar-refractivity contribution is 0.317. The Bertz CT molecular complexity index is 537. The van der Waals surface area contributed by atoms with Crippen molar-refractivity contribution in [2.24, 2.45) is 0 Å². The van der Waals surface area contributed by atoms with E-state index in [9.17, 15) is 0 Å². The van der Waals surface area contributed by atoms with Crippen molar-refractivity contribution in [2.45, 2.75) is 36.3 Å². The predicted octanol–water partition coefficient (Wildman–Crippen LogP) is 4.73. The van der Waals surface area contributed by atoms with Crippen molar-refractivity contribution in [1.82, 2.24) is 0 Å². The van der Waals surface area contributed by atoms with Crippen LogP contribution in [0.3, 0.4) is 0 Å². The Balaban J connectivity index is 1.53. The van der Waals surface area contributed by atoms with E-state index in [0.717, 1.165) is 25.2 Å². The molecule has 2 heteroatoms. The molecule has 0 spiro atoms. The quantitative estimate of drug-likeness (QED) is 0.784. The van der Waals surface area contributed by atoms with Gasteiger partial charge in [-0.3, -0.25) is 0 Å². The molecule has 0 radical (unpaired) electrons. The maximum atomic E-state index is 5.93. The van der Waals surface area contributed by atoms with Gasteiger partial charge >= 0.3 is 0 Å². The molecule has 0 aromatic heterocycles. The molecule has 2 aromatic rings. The lowest BCUT2D eigenvalue weighted by Crippen LogP contribution is -2.13. The molecular formula is C18H20OS. The van der Waals surface area contributed by atoms with E-state index in [1.54, 1.807) is 0 Å². The number of thioether (sulfide) groups is 1. The molecule has 2 aromatic carbocycles. The van der Waals surface area contributed by atoms with Crippen LogP contribution in [-0.4, -0.2) is 11.9 Å². The molecule has 3 rings (SSSR count). The van der Waals surface area contributed by atoms with Crippen LogP contribution in [0.1, 0.15) is 24.5 Å². The zero-order valence-corrected chi connectivity index (χ0v) is 12.7. The van der Waals surface area contributed by atoms with Gasteiger partial charge in [-0.25, -0.2) is 0 Å². The second-order valence-electron chi connectivity index (χ2n) is 5.26. The number of fused-ring (bicyclic) bond motifs is 1. The minimum atomic E-state index is 0.544. The van der Waals surface area contributed by atoms with Crippen LogP contribution in [0.2, 0.25) is 0 Å². The minimum absolute atomic E-state index is 0.544. The summed E-state index contributed by atoms with van der Waals surface area (Å²) in [6.45, 7) is 2.99. The number of ether oxygens (including phenoxy) is 1. The highest BCUT2D eigenvalue weighted by Crippen LogP contribution is 2.36. The molecule has 104 valence electrons. The maximum absolute atomic E-state index is 5.93. The van der Waals surface area contributed by atoms with Gasteiger partial charge in [0.1, 0.15) is 12.4 Å². The summed E-state index contributed by atoms with van der Waals surface area (Å²) in [7, 11) is 0. The summed E-state index contributed by atoms with van der Waals surface area (Å²) in [5.41, 5.74) is 2.85. The number of hydrogen-bond donors (Lipinski definition) is 0. The van der Waals surface area contributed by atoms with E-state index in [1.807, 2.05) is 11.8 Å². The number of rotatable bonds is 5. The molecule has 0 saturated heterocycles. The number of aryl methyl sites for hydroxylation is 1. The smallest absolute Gasteiger partial charge is 0.119 e. The van der Waals surface area contributed by atoms with E-state index in [1.165, 1.54) is 22.4 Å². The Morgan fingerprint density at radius 2 is 1.90 bits per heavy atom. The van der Waals surface area contributed by atoms with Gasteiger partial charge in [0.2, 0.25) is 0 Å². The summed E-state index contributed by atoms with van der Waals surface area (Å²) in [6, 6.07) is 17.2. The fraction of sp³-hybridized carbons (Fsp3) is 0.333. The third kappa shape index (κ3) is 3.18. The number of benzene rings is 2. The van der Waals surface area contributed by atoms with Crippen LogP contribution in [0, 0.1) is 0 Å². The fourth-order valence-corrected chi connectivity index (χ4v) is 3.80. The molecule has 1 aliphatic heterocycles. The van der Waals surface area contributed by atoms with Crippen molar-refractivity contribution in [3.8, 4) is 5.75 Å². The second kappa shape index (κ2) is 6.36. The minimum Gasteiger partial charge on any atom is -0.492 e. The van der Waals surface area contributed by atoms with Crippen molar-refractivity contribution in [2.75, 3.05) is 6.61 Å². The molecule has 1 aliphatic rings. The Morgan fingerprint density at radius 3 is 2.65 bits per heavy atom. The molecule has 1 atom stereocenters. The molecule has 1 heterocycles. The van der Waals surface area contributed by atoms with Gasteiger partial charge in [0.05, 0.1) is 0 Å². The van der Waals surface area contributed by atoms with Crippen LogP contribution in [0.5, 0.6) is 5.75 Å². The SMILES string of the molecule is CCCc1ccc(OCC2Cc3ccccc3S2)cc1. The van der Waals surface area contributed by atoms with E-state index in [-0.39, 0.29) is 0 Å². The Labute approximate surface area is 125 Å². The molecule has 1 nitrogen and oxygen atoms in total. The fourth-order valence-electron chi connectivity index (χ4n) is 2.58. The lowest BCUT2D eigenvalue weighted by Gasteiger charge is -2.11. The van der Waals surface area contributed by atoms with E-state index in [4.69, 9.17) is 4.74 Å². The topological polar surface area (TPSA) is 9.23 Å². The predicted molar refractivity (Wildman–Crippen MR) is 85.7 cm³/mol. The lowest BCUT2D eigenvalue weighted by atomic mass is 10.1. The molecule has 1 unspecified atom stereocenters. The van der Waals surface area contributed by atoms with Gasteiger partial charge in [0, 0.05) is 10.1 Å². The van der Waals surface area contributed by atoms with E-state index in [2.05, 4.69) is 55.5 Å². The average molecular weight is 284 g/mol. The van der Waals surface area contributed by atoms with Gasteiger partial charge in [0.15, 0.2) is 0 Å². The van der Waals surface area contributed by atoms with Crippen LogP contribution >= 0.6 is 11.8 Å². The van der Waals surface area contributed by atoms with Gasteiger partial charge < -0.3 is 4.74 Å². The third-order valence-corrected chi connectivity index (χ3v) is 4.90. The first-order chi connectivity index (χ1) is 9.85. The van der Waals surface area contributed by atoms with Crippen LogP contribution in [0.15, 0.2) is 53.4 Å². The van der Waals surface area contributed by atoms with Gasteiger partial charge in [0.25, 0.3) is 0 Å². The first-order valence-electron chi connectivity index (χ1n) is 7.31. The highest BCUT2D eigenvalue weighted by Gasteiger charge is 2.22. The molecule has 0 fully saturated rings. The van der Waals surface area contributed by atoms with Crippen LogP contribution in [0.4, 0.5) is 0 Å². The monoisotopic (exact) mass is 284 g/mol. The Morgan fingerprint density at radius 1 is 1.10 bits per heavy atom. The summed E-state index contributed by atoms with van der Waals surface area (Å²) < 4.78 is 5.93. The average Bonchev–Trinajstić information content (AvgIpc) is 2.90. The van der Waals surface area contributed by atoms with Gasteiger partial charge in [-0.2, -0.15) is 0 Å². The standard InChI is InChI=1S/C18H20OS/c1-2-5-14-8-10-16(11-9-14)19-13-17-12-15-6-3-4-7-18(15)20-17/h3-4,6-11,17H,2,5,12-13H2,1H3. The third-order valence-electron chi connectivity index (χ3n) is 3.61. The maximum Gasteiger partial charge on any atom is 0.119 e. The molecule has 0 N–H and O–H groups in total. The highest BCUT2D eigenvalue weighted by molar-refractivity contribution is 8.00. The highest BCUT2D eigenvalue weighted by atomic mass is 32.2. The van der Waals surface area contributed by atoms with Gasteiger partial charge in [-0.1, -0.05) is 43.7 Å². The van der Waals surface area contributed by atoms with E-state index >= 15 is 0 Å². The van der Waals surface area contributed by atoms with Crippen LogP contribution in [0.25, 0.3) is 0 Å². The van der Waals surface area contributed by atoms with Gasteiger partial charge in [-0.05, 0) is 42.2 Å². The van der Waals surface area contributed by atoms with E-state index in [0.29, 0.717) is 5.25 Å². The van der Waals surface area contributed by atoms with Crippen molar-refractivity contribution in [3.05, 3.63) is 59.7 Å². The first-order valence-corrected chi connectivity index (χ1v) is 8.19. The van der Waals surface area contributed by atoms with Crippen molar-refractivity contribution >= 4 is 11.8 Å². The first kappa shape index (κ1) is 13.6.